The third kappa shape index (κ3) is 20.0. The number of fused-ring (bicyclic) bond motifs is 2. The van der Waals surface area contributed by atoms with Crippen LogP contribution < -0.4 is 21.6 Å². The molecule has 3 aliphatic rings. The van der Waals surface area contributed by atoms with Crippen molar-refractivity contribution in [2.75, 3.05) is 55.0 Å². The number of anilines is 2. The topological polar surface area (TPSA) is 469 Å². The van der Waals surface area contributed by atoms with Gasteiger partial charge in [-0.1, -0.05) is 43.9 Å². The van der Waals surface area contributed by atoms with Crippen LogP contribution in [0.5, 0.6) is 0 Å². The first-order chi connectivity index (χ1) is 40.8. The number of aromatic nitrogens is 2. The van der Waals surface area contributed by atoms with E-state index in [9.17, 15) is 90.4 Å². The number of unbranched alkanes of at least 4 members (excludes halogenated alkanes) is 6. The van der Waals surface area contributed by atoms with Gasteiger partial charge in [-0.05, 0) is 107 Å². The molecule has 0 bridgehead atoms. The molecule has 1 amide bonds. The summed E-state index contributed by atoms with van der Waals surface area (Å²) < 4.78 is 184. The van der Waals surface area contributed by atoms with E-state index in [4.69, 9.17) is 19.5 Å². The van der Waals surface area contributed by atoms with Crippen molar-refractivity contribution in [1.29, 1.82) is 0 Å². The molecule has 0 radical (unpaired) electrons. The number of aliphatic hydroxyl groups is 1. The SMILES string of the molecule is CC1(C)C(C=CC=CC=C2N(CCCCCC(=O)NCCCCCCOP(=O)(O)O[C@H]3[C@@H](O)[C@H](n4ccc(N)nc4=O)O[C@@H]3COP(=O)(O)O)c3ccc(S(=O)(=O)[O-])cc3C2(C)CCCCS(=O)(=O)O)=[N+](CCCS(=O)(=O)O)c2ccc(S(=O)(=O)O)cc21. The molecular weight excluding hydrogens is 1280 g/mol. The van der Waals surface area contributed by atoms with E-state index >= 15 is 0 Å². The van der Waals surface area contributed by atoms with Gasteiger partial charge in [-0.15, -0.1) is 0 Å². The van der Waals surface area contributed by atoms with Crippen molar-refractivity contribution in [3.05, 3.63) is 106 Å². The molecule has 2 aromatic carbocycles. The number of nitrogens with one attached hydrogen (secondary N) is 1. The highest BCUT2D eigenvalue weighted by Gasteiger charge is 2.50. The van der Waals surface area contributed by atoms with Gasteiger partial charge in [0.1, 0.15) is 40.8 Å². The first kappa shape index (κ1) is 72.1. The summed E-state index contributed by atoms with van der Waals surface area (Å²) in [7, 11) is -28.2. The molecule has 2 unspecified atom stereocenters. The number of hydrogen-bond acceptors (Lipinski definition) is 21. The highest BCUT2D eigenvalue weighted by molar-refractivity contribution is 7.86. The van der Waals surface area contributed by atoms with Crippen molar-refractivity contribution < 1.29 is 108 Å². The highest BCUT2D eigenvalue weighted by atomic mass is 32.2. The molecule has 3 aliphatic heterocycles. The van der Waals surface area contributed by atoms with Gasteiger partial charge in [-0.3, -0.25) is 36.6 Å². The van der Waals surface area contributed by atoms with Gasteiger partial charge in [-0.25, -0.2) is 22.3 Å². The molecule has 6 rings (SSSR count). The second kappa shape index (κ2) is 29.6. The Morgan fingerprint density at radius 3 is 2.15 bits per heavy atom. The maximum Gasteiger partial charge on any atom is 0.472 e. The third-order valence-corrected chi connectivity index (χ3v) is 19.8. The Bertz CT molecular complexity index is 3800. The minimum absolute atomic E-state index is 0.00102. The van der Waals surface area contributed by atoms with Crippen molar-refractivity contribution in [2.24, 2.45) is 0 Å². The molecule has 10 N–H and O–H groups in total. The first-order valence-electron chi connectivity index (χ1n) is 27.7. The number of carbonyl (C=O) groups excluding carboxylic acids is 1. The van der Waals surface area contributed by atoms with E-state index in [1.807, 2.05) is 25.7 Å². The average molecular weight is 1360 g/mol. The number of phosphoric acid groups is 2. The summed E-state index contributed by atoms with van der Waals surface area (Å²) >= 11 is 0. The number of phosphoric ester groups is 2. The lowest BCUT2D eigenvalue weighted by molar-refractivity contribution is -0.437. The number of carbonyl (C=O) groups is 1. The zero-order valence-corrected chi connectivity index (χ0v) is 53.3. The van der Waals surface area contributed by atoms with Crippen molar-refractivity contribution in [2.45, 2.75) is 143 Å². The van der Waals surface area contributed by atoms with Crippen LogP contribution >= 0.6 is 15.6 Å². The Balaban J connectivity index is 1.06. The van der Waals surface area contributed by atoms with Crippen LogP contribution in [0.1, 0.15) is 115 Å². The number of ether oxygens (including phenoxy) is 1. The van der Waals surface area contributed by atoms with Crippen LogP contribution in [-0.4, -0.2) is 160 Å². The molecule has 0 spiro atoms. The summed E-state index contributed by atoms with van der Waals surface area (Å²) in [4.78, 5) is 58.9. The third-order valence-electron chi connectivity index (χ3n) is 15.0. The lowest BCUT2D eigenvalue weighted by Gasteiger charge is -2.30. The first-order valence-corrected chi connectivity index (χ1v) is 36.8. The zero-order valence-electron chi connectivity index (χ0n) is 48.2. The number of amides is 1. The van der Waals surface area contributed by atoms with E-state index in [0.29, 0.717) is 85.5 Å². The summed E-state index contributed by atoms with van der Waals surface area (Å²) in [5.41, 5.74) is 6.05. The lowest BCUT2D eigenvalue weighted by atomic mass is 9.77. The number of aliphatic hydroxyl groups excluding tert-OH is 1. The summed E-state index contributed by atoms with van der Waals surface area (Å²) in [6.45, 7) is 5.01. The summed E-state index contributed by atoms with van der Waals surface area (Å²) in [6, 6.07) is 9.30. The minimum atomic E-state index is -5.08. The quantitative estimate of drug-likeness (QED) is 0.0132. The van der Waals surface area contributed by atoms with Gasteiger partial charge >= 0.3 is 21.3 Å². The molecular formula is C52H74N6O24P2S4. The number of nitrogens with zero attached hydrogens (tertiary/aromatic N) is 4. The van der Waals surface area contributed by atoms with Crippen LogP contribution in [0, 0.1) is 0 Å². The Morgan fingerprint density at radius 2 is 1.49 bits per heavy atom. The number of nitrogens with two attached hydrogens (primary N) is 1. The maximum atomic E-state index is 12.9. The van der Waals surface area contributed by atoms with Crippen molar-refractivity contribution in [3.8, 4) is 0 Å². The highest BCUT2D eigenvalue weighted by Crippen LogP contribution is 2.52. The van der Waals surface area contributed by atoms with Crippen molar-refractivity contribution >= 4 is 84.9 Å². The van der Waals surface area contributed by atoms with Crippen LogP contribution in [0.2, 0.25) is 0 Å². The van der Waals surface area contributed by atoms with E-state index in [-0.39, 0.29) is 68.3 Å². The van der Waals surface area contributed by atoms with E-state index in [1.54, 1.807) is 35.0 Å². The van der Waals surface area contributed by atoms with Crippen LogP contribution in [0.15, 0.2) is 99.3 Å². The molecule has 88 heavy (non-hydrogen) atoms. The molecule has 4 heterocycles. The lowest BCUT2D eigenvalue weighted by Crippen LogP contribution is -2.37. The monoisotopic (exact) mass is 1360 g/mol. The molecule has 3 aromatic rings. The predicted octanol–water partition coefficient (Wildman–Crippen LogP) is 4.27. The fourth-order valence-electron chi connectivity index (χ4n) is 10.8. The van der Waals surface area contributed by atoms with Crippen molar-refractivity contribution in [1.82, 2.24) is 14.9 Å². The van der Waals surface area contributed by atoms with Gasteiger partial charge in [-0.2, -0.15) is 34.8 Å². The summed E-state index contributed by atoms with van der Waals surface area (Å²) in [5, 5.41) is 13.8. The molecule has 1 aromatic heterocycles. The number of nitrogen functional groups attached to an aromatic ring is 1. The number of hydrogen-bond donors (Lipinski definition) is 9. The predicted molar refractivity (Wildman–Crippen MR) is 317 cm³/mol. The molecule has 1 saturated heterocycles. The Hall–Kier alpha value is -4.94. The summed E-state index contributed by atoms with van der Waals surface area (Å²) in [5.74, 6) is -1.45. The van der Waals surface area contributed by atoms with E-state index in [0.717, 1.165) is 10.8 Å². The normalized spacial score (nSPS) is 21.9. The molecule has 30 nitrogen and oxygen atoms in total. The number of benzene rings is 2. The molecule has 490 valence electrons. The van der Waals surface area contributed by atoms with E-state index in [2.05, 4.69) is 14.8 Å². The van der Waals surface area contributed by atoms with Crippen LogP contribution in [0.25, 0.3) is 0 Å². The van der Waals surface area contributed by atoms with Gasteiger partial charge in [0.2, 0.25) is 11.6 Å². The van der Waals surface area contributed by atoms with E-state index < -0.39 is 120 Å². The average Bonchev–Trinajstić information content (AvgIpc) is 1.60. The zero-order chi connectivity index (χ0) is 65.3. The van der Waals surface area contributed by atoms with Crippen LogP contribution in [-0.2, 0) is 83.5 Å². The molecule has 1 fully saturated rings. The molecule has 36 heteroatoms. The van der Waals surface area contributed by atoms with Gasteiger partial charge in [0.05, 0.1) is 39.9 Å². The molecule has 0 aliphatic carbocycles. The Morgan fingerprint density at radius 1 is 0.830 bits per heavy atom. The standard InChI is InChI=1S/C52H74N6O24P2S4/c1-51(2)38-33-36(87(73,74)75)20-22-40(38)56(28-16-32-86(70,71)72)43(51)17-8-6-9-18-44-52(3,25-11-15-31-85(67,68)69)39-34-37(88(76,77)78)21-23-41(39)57(44)27-13-7-10-19-46(59)54-26-12-4-5-14-30-79-84(65,66)82-48-42(35-80-83(62,63)64)81-49(47(48)60)58-29-24-45(53)55-50(58)61/h6,8-9,17-18,20-24,29,33-34,42,47-49,60H,4-5,7,10-16,19,25-28,30-32,35H2,1-3H3,(H9-,53,54,55,59,61,62,63,64,65,66,67,68,69,70,71,72,73,74,75,76,77,78)/t42-,47-,48-,49-,52?/m1/s1. The molecule has 0 saturated carbocycles. The van der Waals surface area contributed by atoms with Crippen LogP contribution in [0.3, 0.4) is 0 Å². The Labute approximate surface area is 510 Å². The van der Waals surface area contributed by atoms with Crippen molar-refractivity contribution in [3.63, 3.8) is 0 Å². The van der Waals surface area contributed by atoms with Crippen LogP contribution in [0.4, 0.5) is 17.2 Å². The summed E-state index contributed by atoms with van der Waals surface area (Å²) in [6.07, 6.45) is 7.08. The number of allylic oxidation sites excluding steroid dienone is 6. The number of rotatable bonds is 34. The fraction of sp³-hybridized carbons (Fsp3) is 0.538. The van der Waals surface area contributed by atoms with Gasteiger partial charge in [0, 0.05) is 66.6 Å². The second-order valence-corrected chi connectivity index (χ2v) is 30.5. The maximum absolute atomic E-state index is 12.9. The fourth-order valence-corrected chi connectivity index (χ4v) is 14.2. The smallest absolute Gasteiger partial charge is 0.472 e. The van der Waals surface area contributed by atoms with Gasteiger partial charge in [0.15, 0.2) is 11.9 Å². The minimum Gasteiger partial charge on any atom is -0.744 e. The molecule has 6 atom stereocenters. The Kier molecular flexibility index (Phi) is 24.2. The second-order valence-electron chi connectivity index (χ2n) is 21.9. The van der Waals surface area contributed by atoms with Gasteiger partial charge < -0.3 is 45.0 Å². The largest absolute Gasteiger partial charge is 0.744 e. The van der Waals surface area contributed by atoms with Gasteiger partial charge in [0.25, 0.3) is 30.4 Å². The van der Waals surface area contributed by atoms with E-state index in [1.165, 1.54) is 42.5 Å².